The number of rotatable bonds is 3. The van der Waals surface area contributed by atoms with Gasteiger partial charge in [-0.2, -0.15) is 0 Å². The lowest BCUT2D eigenvalue weighted by molar-refractivity contribution is 0.0352. The summed E-state index contributed by atoms with van der Waals surface area (Å²) in [7, 11) is 0. The van der Waals surface area contributed by atoms with Gasteiger partial charge in [0.1, 0.15) is 0 Å². The summed E-state index contributed by atoms with van der Waals surface area (Å²) in [5.41, 5.74) is 2.27. The number of hydrogen-bond donors (Lipinski definition) is 1. The molecule has 0 amide bonds. The van der Waals surface area contributed by atoms with Crippen molar-refractivity contribution in [3.8, 4) is 0 Å². The number of nitrogens with zero attached hydrogens (tertiary/aromatic N) is 1. The van der Waals surface area contributed by atoms with Crippen molar-refractivity contribution in [1.82, 2.24) is 4.90 Å². The lowest BCUT2D eigenvalue weighted by Gasteiger charge is -2.37. The molecule has 0 radical (unpaired) electrons. The van der Waals surface area contributed by atoms with E-state index < -0.39 is 0 Å². The second-order valence-corrected chi connectivity index (χ2v) is 5.84. The maximum absolute atomic E-state index is 10.5. The zero-order chi connectivity index (χ0) is 13.1. The Kier molecular flexibility index (Phi) is 4.41. The van der Waals surface area contributed by atoms with Crippen molar-refractivity contribution in [1.29, 1.82) is 0 Å². The van der Waals surface area contributed by atoms with Gasteiger partial charge in [0, 0.05) is 12.6 Å². The van der Waals surface area contributed by atoms with Gasteiger partial charge in [0.05, 0.1) is 6.10 Å². The molecule has 100 valence electrons. The molecule has 0 aliphatic carbocycles. The highest BCUT2D eigenvalue weighted by atomic mass is 16.3. The van der Waals surface area contributed by atoms with Crippen molar-refractivity contribution >= 4 is 0 Å². The van der Waals surface area contributed by atoms with Crippen LogP contribution in [-0.2, 0) is 0 Å². The molecule has 1 aliphatic heterocycles. The summed E-state index contributed by atoms with van der Waals surface area (Å²) in [6.45, 7) is 8.75. The highest BCUT2D eigenvalue weighted by Gasteiger charge is 2.26. The molecule has 1 aliphatic rings. The van der Waals surface area contributed by atoms with E-state index in [-0.39, 0.29) is 12.1 Å². The second kappa shape index (κ2) is 5.85. The molecule has 1 aromatic rings. The lowest BCUT2D eigenvalue weighted by atomic mass is 9.95. The van der Waals surface area contributed by atoms with Crippen LogP contribution in [0.4, 0.5) is 0 Å². The number of aliphatic hydroxyl groups is 1. The van der Waals surface area contributed by atoms with Gasteiger partial charge in [-0.25, -0.2) is 0 Å². The fourth-order valence-electron chi connectivity index (χ4n) is 2.84. The van der Waals surface area contributed by atoms with Crippen LogP contribution in [0, 0.1) is 12.8 Å². The van der Waals surface area contributed by atoms with E-state index in [9.17, 15) is 5.11 Å². The smallest absolute Gasteiger partial charge is 0.0942 e. The first kappa shape index (κ1) is 13.6. The Morgan fingerprint density at radius 1 is 1.28 bits per heavy atom. The van der Waals surface area contributed by atoms with Crippen LogP contribution < -0.4 is 0 Å². The largest absolute Gasteiger partial charge is 0.387 e. The first-order valence-electron chi connectivity index (χ1n) is 7.06. The van der Waals surface area contributed by atoms with Crippen LogP contribution >= 0.6 is 0 Å². The van der Waals surface area contributed by atoms with Gasteiger partial charge in [0.25, 0.3) is 0 Å². The summed E-state index contributed by atoms with van der Waals surface area (Å²) in [6.07, 6.45) is 2.20. The first-order valence-corrected chi connectivity index (χ1v) is 7.06. The van der Waals surface area contributed by atoms with Crippen LogP contribution in [0.3, 0.4) is 0 Å². The fourth-order valence-corrected chi connectivity index (χ4v) is 2.84. The van der Waals surface area contributed by atoms with E-state index in [2.05, 4.69) is 37.8 Å². The molecule has 2 heteroatoms. The van der Waals surface area contributed by atoms with Gasteiger partial charge >= 0.3 is 0 Å². The number of benzene rings is 1. The van der Waals surface area contributed by atoms with Gasteiger partial charge in [-0.1, -0.05) is 36.8 Å². The Labute approximate surface area is 111 Å². The normalized spacial score (nSPS) is 24.8. The van der Waals surface area contributed by atoms with E-state index in [0.29, 0.717) is 0 Å². The van der Waals surface area contributed by atoms with Crippen molar-refractivity contribution in [2.75, 3.05) is 13.1 Å². The number of likely N-dealkylation sites (tertiary alicyclic amines) is 1. The fraction of sp³-hybridized carbons (Fsp3) is 0.625. The predicted molar refractivity (Wildman–Crippen MR) is 75.6 cm³/mol. The minimum absolute atomic E-state index is 0.204. The molecule has 2 rings (SSSR count). The first-order chi connectivity index (χ1) is 8.58. The Morgan fingerprint density at radius 2 is 1.94 bits per heavy atom. The molecule has 1 aromatic carbocycles. The van der Waals surface area contributed by atoms with Crippen LogP contribution in [0.25, 0.3) is 0 Å². The summed E-state index contributed by atoms with van der Waals surface area (Å²) in [4.78, 5) is 2.43. The molecule has 1 N–H and O–H groups in total. The molecule has 0 spiro atoms. The third-order valence-corrected chi connectivity index (χ3v) is 4.14. The molecular weight excluding hydrogens is 222 g/mol. The zero-order valence-electron chi connectivity index (χ0n) is 11.8. The third kappa shape index (κ3) is 3.12. The van der Waals surface area contributed by atoms with Crippen molar-refractivity contribution in [3.63, 3.8) is 0 Å². The Hall–Kier alpha value is -0.860. The van der Waals surface area contributed by atoms with E-state index >= 15 is 0 Å². The molecule has 1 heterocycles. The topological polar surface area (TPSA) is 23.5 Å². The van der Waals surface area contributed by atoms with E-state index in [4.69, 9.17) is 0 Å². The molecule has 0 aromatic heterocycles. The molecule has 2 nitrogen and oxygen atoms in total. The van der Waals surface area contributed by atoms with E-state index in [1.807, 2.05) is 12.1 Å². The Bertz CT molecular complexity index is 373. The Morgan fingerprint density at radius 3 is 2.56 bits per heavy atom. The maximum atomic E-state index is 10.5. The molecule has 0 saturated carbocycles. The van der Waals surface area contributed by atoms with Crippen LogP contribution in [0.2, 0.25) is 0 Å². The highest BCUT2D eigenvalue weighted by molar-refractivity contribution is 5.24. The van der Waals surface area contributed by atoms with E-state index in [0.717, 1.165) is 24.6 Å². The summed E-state index contributed by atoms with van der Waals surface area (Å²) < 4.78 is 0. The minimum Gasteiger partial charge on any atom is -0.387 e. The summed E-state index contributed by atoms with van der Waals surface area (Å²) in [6, 6.07) is 8.44. The van der Waals surface area contributed by atoms with Gasteiger partial charge in [0.2, 0.25) is 0 Å². The second-order valence-electron chi connectivity index (χ2n) is 5.84. The molecular formula is C16H25NO. The quantitative estimate of drug-likeness (QED) is 0.887. The highest BCUT2D eigenvalue weighted by Crippen LogP contribution is 2.25. The van der Waals surface area contributed by atoms with Gasteiger partial charge in [-0.15, -0.1) is 0 Å². The van der Waals surface area contributed by atoms with E-state index in [1.165, 1.54) is 18.4 Å². The van der Waals surface area contributed by atoms with Crippen molar-refractivity contribution in [2.24, 2.45) is 5.92 Å². The number of aliphatic hydroxyl groups excluding tert-OH is 1. The lowest BCUT2D eigenvalue weighted by Crippen LogP contribution is -2.43. The van der Waals surface area contributed by atoms with Crippen molar-refractivity contribution in [3.05, 3.63) is 35.4 Å². The summed E-state index contributed by atoms with van der Waals surface area (Å²) in [5, 5.41) is 10.5. The standard InChI is InChI=1S/C16H25NO/c1-12-6-8-15(9-7-12)16(18)14(3)17-10-4-5-13(2)11-17/h6-9,13-14,16,18H,4-5,10-11H2,1-3H3. The Balaban J connectivity index is 2.03. The average Bonchev–Trinajstić information content (AvgIpc) is 2.38. The van der Waals surface area contributed by atoms with Crippen molar-refractivity contribution in [2.45, 2.75) is 45.8 Å². The van der Waals surface area contributed by atoms with Crippen LogP contribution in [0.15, 0.2) is 24.3 Å². The van der Waals surface area contributed by atoms with Crippen molar-refractivity contribution < 1.29 is 5.11 Å². The van der Waals surface area contributed by atoms with Crippen LogP contribution in [0.5, 0.6) is 0 Å². The maximum Gasteiger partial charge on any atom is 0.0942 e. The van der Waals surface area contributed by atoms with Gasteiger partial charge in [-0.05, 0) is 44.7 Å². The number of hydrogen-bond acceptors (Lipinski definition) is 2. The van der Waals surface area contributed by atoms with Crippen LogP contribution in [-0.4, -0.2) is 29.1 Å². The minimum atomic E-state index is -0.379. The van der Waals surface area contributed by atoms with Crippen LogP contribution in [0.1, 0.15) is 43.9 Å². The number of piperidine rings is 1. The average molecular weight is 247 g/mol. The SMILES string of the molecule is Cc1ccc(C(O)C(C)N2CCCC(C)C2)cc1. The van der Waals surface area contributed by atoms with Gasteiger partial charge < -0.3 is 5.11 Å². The molecule has 3 atom stereocenters. The monoisotopic (exact) mass is 247 g/mol. The molecule has 1 fully saturated rings. The molecule has 18 heavy (non-hydrogen) atoms. The number of aryl methyl sites for hydroxylation is 1. The predicted octanol–water partition coefficient (Wildman–Crippen LogP) is 3.15. The molecule has 1 saturated heterocycles. The molecule has 3 unspecified atom stereocenters. The summed E-state index contributed by atoms with van der Waals surface area (Å²) >= 11 is 0. The molecule has 0 bridgehead atoms. The van der Waals surface area contributed by atoms with Gasteiger partial charge in [-0.3, -0.25) is 4.90 Å². The van der Waals surface area contributed by atoms with Gasteiger partial charge in [0.15, 0.2) is 0 Å². The van der Waals surface area contributed by atoms with E-state index in [1.54, 1.807) is 0 Å². The third-order valence-electron chi connectivity index (χ3n) is 4.14. The zero-order valence-corrected chi connectivity index (χ0v) is 11.8. The summed E-state index contributed by atoms with van der Waals surface area (Å²) in [5.74, 6) is 0.756.